The van der Waals surface area contributed by atoms with Crippen LogP contribution in [0.3, 0.4) is 0 Å². The molecule has 3 N–H and O–H groups in total. The molecule has 0 aromatic carbocycles. The maximum Gasteiger partial charge on any atom is 0.351 e. The molecule has 1 fully saturated rings. The number of aliphatic hydroxyl groups is 2. The fourth-order valence-corrected chi connectivity index (χ4v) is 2.13. The highest BCUT2D eigenvalue weighted by Gasteiger charge is 2.45. The van der Waals surface area contributed by atoms with Gasteiger partial charge in [-0.1, -0.05) is 0 Å². The molecule has 7 nitrogen and oxygen atoms in total. The summed E-state index contributed by atoms with van der Waals surface area (Å²) < 4.78 is 20.2. The Balaban J connectivity index is 2.31. The molecule has 8 heteroatoms. The number of nitrogens with zero attached hydrogens (tertiary/aromatic N) is 2. The van der Waals surface area contributed by atoms with E-state index in [2.05, 4.69) is 10.3 Å². The Hall–Kier alpha value is -1.51. The Morgan fingerprint density at radius 2 is 2.40 bits per heavy atom. The van der Waals surface area contributed by atoms with Gasteiger partial charge in [-0.25, -0.2) is 9.18 Å². The predicted molar refractivity (Wildman–Crippen MR) is 68.9 cm³/mol. The first-order chi connectivity index (χ1) is 9.41. The number of nitrogens with one attached hydrogen (secondary N) is 1. The fourth-order valence-electron chi connectivity index (χ4n) is 2.13. The van der Waals surface area contributed by atoms with E-state index in [4.69, 9.17) is 4.74 Å². The Morgan fingerprint density at radius 1 is 1.70 bits per heavy atom. The molecule has 2 heterocycles. The van der Waals surface area contributed by atoms with Crippen molar-refractivity contribution in [2.45, 2.75) is 38.2 Å². The molecule has 0 amide bonds. The van der Waals surface area contributed by atoms with Crippen LogP contribution >= 0.6 is 0 Å². The van der Waals surface area contributed by atoms with Gasteiger partial charge in [-0.3, -0.25) is 4.57 Å². The quantitative estimate of drug-likeness (QED) is 0.712. The molecular formula is C12H18FN3O4. The number of aliphatic hydroxyl groups excluding tert-OH is 2. The Bertz CT molecular complexity index is 550. The highest BCUT2D eigenvalue weighted by atomic mass is 19.1. The molecule has 3 atom stereocenters. The molecule has 20 heavy (non-hydrogen) atoms. The van der Waals surface area contributed by atoms with Gasteiger partial charge < -0.3 is 20.3 Å². The third-order valence-corrected chi connectivity index (χ3v) is 3.41. The lowest BCUT2D eigenvalue weighted by Gasteiger charge is -2.25. The summed E-state index contributed by atoms with van der Waals surface area (Å²) in [5.41, 5.74) is -1.84. The average Bonchev–Trinajstić information content (AvgIpc) is 2.70. The van der Waals surface area contributed by atoms with E-state index in [1.165, 1.54) is 6.92 Å². The highest BCUT2D eigenvalue weighted by Crippen LogP contribution is 2.35. The van der Waals surface area contributed by atoms with Crippen LogP contribution in [-0.2, 0) is 4.74 Å². The van der Waals surface area contributed by atoms with Crippen molar-refractivity contribution in [1.29, 1.82) is 0 Å². The van der Waals surface area contributed by atoms with E-state index in [0.29, 0.717) is 6.54 Å². The van der Waals surface area contributed by atoms with Crippen LogP contribution in [-0.4, -0.2) is 44.6 Å². The smallest absolute Gasteiger partial charge is 0.351 e. The summed E-state index contributed by atoms with van der Waals surface area (Å²) in [4.78, 5) is 15.5. The van der Waals surface area contributed by atoms with E-state index in [-0.39, 0.29) is 12.2 Å². The largest absolute Gasteiger partial charge is 0.393 e. The minimum absolute atomic E-state index is 0.0820. The highest BCUT2D eigenvalue weighted by molar-refractivity contribution is 5.33. The number of hydrogen-bond acceptors (Lipinski definition) is 6. The lowest BCUT2D eigenvalue weighted by molar-refractivity contribution is -0.117. The zero-order chi connectivity index (χ0) is 14.9. The molecule has 1 aliphatic heterocycles. The van der Waals surface area contributed by atoms with Crippen LogP contribution in [0, 0.1) is 5.82 Å². The molecule has 1 saturated heterocycles. The summed E-state index contributed by atoms with van der Waals surface area (Å²) in [6.07, 6.45) is -0.722. The standard InChI is InChI=1S/C12H18FN3O4/c1-3-14-10-7(13)5-16(11(19)15-10)9-4-8(18)12(2,6-17)20-9/h5,8-9,17-18H,3-4,6H2,1-2H3,(H,14,15,19)/t8-,9+,12+/m0/s1. The maximum absolute atomic E-state index is 13.8. The molecule has 0 unspecified atom stereocenters. The number of anilines is 1. The lowest BCUT2D eigenvalue weighted by atomic mass is 10.0. The van der Waals surface area contributed by atoms with E-state index < -0.39 is 36.0 Å². The summed E-state index contributed by atoms with van der Waals surface area (Å²) in [6, 6.07) is 0. The molecular weight excluding hydrogens is 269 g/mol. The van der Waals surface area contributed by atoms with Crippen LogP contribution in [0.5, 0.6) is 0 Å². The summed E-state index contributed by atoms with van der Waals surface area (Å²) in [6.45, 7) is 3.33. The van der Waals surface area contributed by atoms with Crippen molar-refractivity contribution >= 4 is 5.82 Å². The van der Waals surface area contributed by atoms with Gasteiger partial charge in [-0.15, -0.1) is 0 Å². The second kappa shape index (κ2) is 5.47. The number of hydrogen-bond donors (Lipinski definition) is 3. The zero-order valence-corrected chi connectivity index (χ0v) is 11.3. The van der Waals surface area contributed by atoms with Crippen molar-refractivity contribution in [2.75, 3.05) is 18.5 Å². The summed E-state index contributed by atoms with van der Waals surface area (Å²) in [7, 11) is 0. The predicted octanol–water partition coefficient (Wildman–Crippen LogP) is -0.155. The summed E-state index contributed by atoms with van der Waals surface area (Å²) >= 11 is 0. The van der Waals surface area contributed by atoms with Gasteiger partial charge in [0.25, 0.3) is 0 Å². The van der Waals surface area contributed by atoms with Crippen LogP contribution < -0.4 is 11.0 Å². The Labute approximate surface area is 115 Å². The van der Waals surface area contributed by atoms with Crippen molar-refractivity contribution in [3.05, 3.63) is 22.5 Å². The van der Waals surface area contributed by atoms with Gasteiger partial charge in [0.05, 0.1) is 18.9 Å². The number of ether oxygens (including phenoxy) is 1. The Kier molecular flexibility index (Phi) is 4.07. The summed E-state index contributed by atoms with van der Waals surface area (Å²) in [5.74, 6) is -0.792. The summed E-state index contributed by atoms with van der Waals surface area (Å²) in [5, 5.41) is 21.7. The molecule has 1 aliphatic rings. The number of halogens is 1. The molecule has 112 valence electrons. The van der Waals surface area contributed by atoms with Gasteiger partial charge in [-0.05, 0) is 13.8 Å². The third-order valence-electron chi connectivity index (χ3n) is 3.41. The normalized spacial score (nSPS) is 29.6. The van der Waals surface area contributed by atoms with Gasteiger partial charge in [0, 0.05) is 13.0 Å². The van der Waals surface area contributed by atoms with Crippen molar-refractivity contribution in [3.63, 3.8) is 0 Å². The number of rotatable bonds is 4. The number of aromatic nitrogens is 2. The van der Waals surface area contributed by atoms with Crippen molar-refractivity contribution < 1.29 is 19.3 Å². The van der Waals surface area contributed by atoms with Crippen LogP contribution in [0.1, 0.15) is 26.5 Å². The second-order valence-corrected chi connectivity index (χ2v) is 4.95. The Morgan fingerprint density at radius 3 is 2.95 bits per heavy atom. The zero-order valence-electron chi connectivity index (χ0n) is 11.3. The van der Waals surface area contributed by atoms with Crippen molar-refractivity contribution in [2.24, 2.45) is 0 Å². The minimum atomic E-state index is -1.17. The monoisotopic (exact) mass is 287 g/mol. The minimum Gasteiger partial charge on any atom is -0.393 e. The van der Waals surface area contributed by atoms with Crippen LogP contribution in [0.15, 0.2) is 11.0 Å². The van der Waals surface area contributed by atoms with E-state index in [9.17, 15) is 19.4 Å². The van der Waals surface area contributed by atoms with Crippen molar-refractivity contribution in [3.8, 4) is 0 Å². The van der Waals surface area contributed by atoms with Gasteiger partial charge >= 0.3 is 5.69 Å². The molecule has 0 bridgehead atoms. The van der Waals surface area contributed by atoms with E-state index in [1.54, 1.807) is 6.92 Å². The molecule has 0 saturated carbocycles. The van der Waals surface area contributed by atoms with Gasteiger partial charge in [0.2, 0.25) is 0 Å². The first-order valence-corrected chi connectivity index (χ1v) is 6.40. The second-order valence-electron chi connectivity index (χ2n) is 4.95. The average molecular weight is 287 g/mol. The van der Waals surface area contributed by atoms with E-state index in [1.807, 2.05) is 0 Å². The van der Waals surface area contributed by atoms with Gasteiger partial charge in [-0.2, -0.15) is 4.98 Å². The van der Waals surface area contributed by atoms with E-state index in [0.717, 1.165) is 10.8 Å². The molecule has 0 spiro atoms. The third kappa shape index (κ3) is 2.54. The van der Waals surface area contributed by atoms with Crippen LogP contribution in [0.4, 0.5) is 10.2 Å². The fraction of sp³-hybridized carbons (Fsp3) is 0.667. The molecule has 2 rings (SSSR count). The maximum atomic E-state index is 13.8. The SMILES string of the molecule is CCNc1nc(=O)n([C@H]2C[C@H](O)[C@@](C)(CO)O2)cc1F. The first kappa shape index (κ1) is 14.9. The van der Waals surface area contributed by atoms with Gasteiger partial charge in [0.1, 0.15) is 11.8 Å². The van der Waals surface area contributed by atoms with E-state index >= 15 is 0 Å². The molecule has 0 radical (unpaired) electrons. The van der Waals surface area contributed by atoms with Crippen LogP contribution in [0.25, 0.3) is 0 Å². The molecule has 1 aromatic rings. The van der Waals surface area contributed by atoms with Gasteiger partial charge in [0.15, 0.2) is 11.6 Å². The topological polar surface area (TPSA) is 96.6 Å². The van der Waals surface area contributed by atoms with Crippen LogP contribution in [0.2, 0.25) is 0 Å². The molecule has 1 aromatic heterocycles. The first-order valence-electron chi connectivity index (χ1n) is 6.40. The molecule has 0 aliphatic carbocycles. The van der Waals surface area contributed by atoms with Crippen molar-refractivity contribution in [1.82, 2.24) is 9.55 Å². The lowest BCUT2D eigenvalue weighted by Crippen LogP contribution is -2.39.